The fraction of sp³-hybridized carbons (Fsp3) is 0.188. The highest BCUT2D eigenvalue weighted by molar-refractivity contribution is 5.49. The molecule has 0 amide bonds. The largest absolute Gasteiger partial charge is 0.457 e. The summed E-state index contributed by atoms with van der Waals surface area (Å²) in [5.74, 6) is -0.753. The molecule has 3 rings (SSSR count). The van der Waals surface area contributed by atoms with Gasteiger partial charge >= 0.3 is 0 Å². The van der Waals surface area contributed by atoms with Crippen molar-refractivity contribution in [2.75, 3.05) is 0 Å². The fourth-order valence-corrected chi connectivity index (χ4v) is 2.42. The number of alkyl halides is 2. The number of benzene rings is 2. The zero-order valence-electron chi connectivity index (χ0n) is 11.1. The van der Waals surface area contributed by atoms with Gasteiger partial charge in [0.15, 0.2) is 12.3 Å². The van der Waals surface area contributed by atoms with Gasteiger partial charge in [0, 0.05) is 17.2 Å². The van der Waals surface area contributed by atoms with Gasteiger partial charge in [-0.1, -0.05) is 6.07 Å². The van der Waals surface area contributed by atoms with E-state index < -0.39 is 24.3 Å². The first-order valence-corrected chi connectivity index (χ1v) is 6.40. The van der Waals surface area contributed by atoms with Crippen molar-refractivity contribution in [3.05, 3.63) is 58.9 Å². The van der Waals surface area contributed by atoms with Gasteiger partial charge < -0.3 is 9.84 Å². The molecule has 6 heteroatoms. The van der Waals surface area contributed by atoms with Gasteiger partial charge in [-0.05, 0) is 24.3 Å². The van der Waals surface area contributed by atoms with Crippen molar-refractivity contribution in [1.29, 1.82) is 5.26 Å². The van der Waals surface area contributed by atoms with Gasteiger partial charge in [0.2, 0.25) is 0 Å². The van der Waals surface area contributed by atoms with Crippen LogP contribution in [0, 0.1) is 23.2 Å². The maximum atomic E-state index is 14.0. The number of nitriles is 1. The number of hydrogen-bond donors (Lipinski definition) is 1. The van der Waals surface area contributed by atoms with Gasteiger partial charge in [-0.3, -0.25) is 0 Å². The first-order chi connectivity index (χ1) is 10.5. The van der Waals surface area contributed by atoms with Gasteiger partial charge in [-0.2, -0.15) is 5.26 Å². The van der Waals surface area contributed by atoms with Crippen LogP contribution in [0.25, 0.3) is 0 Å². The molecule has 1 aliphatic carbocycles. The molecule has 0 fully saturated rings. The monoisotopic (exact) mass is 304 g/mol. The molecule has 0 unspecified atom stereocenters. The Bertz CT molecular complexity index is 772. The quantitative estimate of drug-likeness (QED) is 0.920. The van der Waals surface area contributed by atoms with Crippen molar-refractivity contribution < 1.29 is 23.0 Å². The number of fused-ring (bicyclic) bond motifs is 1. The fourth-order valence-electron chi connectivity index (χ4n) is 2.42. The Morgan fingerprint density at radius 3 is 2.77 bits per heavy atom. The van der Waals surface area contributed by atoms with E-state index in [0.717, 1.165) is 12.1 Å². The molecular weight excluding hydrogens is 295 g/mol. The Kier molecular flexibility index (Phi) is 3.51. The lowest BCUT2D eigenvalue weighted by molar-refractivity contribution is 0.0464. The molecule has 111 valence electrons. The Morgan fingerprint density at radius 2 is 2.05 bits per heavy atom. The SMILES string of the molecule is N#Cc1cc(F)cc(Oc2cc[c]c3c2[C@@H](F)[C@@H](F)[C@H]3O)c1. The third-order valence-electron chi connectivity index (χ3n) is 3.41. The topological polar surface area (TPSA) is 53.2 Å². The van der Waals surface area contributed by atoms with Crippen LogP contribution in [0.4, 0.5) is 13.2 Å². The Morgan fingerprint density at radius 1 is 1.27 bits per heavy atom. The molecule has 1 radical (unpaired) electrons. The second kappa shape index (κ2) is 5.35. The van der Waals surface area contributed by atoms with Crippen LogP contribution in [0.15, 0.2) is 30.3 Å². The van der Waals surface area contributed by atoms with Crippen LogP contribution < -0.4 is 4.74 Å². The number of aliphatic hydroxyl groups excluding tert-OH is 1. The Balaban J connectivity index is 2.02. The maximum Gasteiger partial charge on any atom is 0.165 e. The van der Waals surface area contributed by atoms with E-state index in [9.17, 15) is 18.3 Å². The summed E-state index contributed by atoms with van der Waals surface area (Å²) in [6, 6.07) is 10.4. The Hall–Kier alpha value is -2.52. The molecule has 0 aliphatic heterocycles. The van der Waals surface area contributed by atoms with Crippen LogP contribution in [-0.2, 0) is 0 Å². The molecule has 3 nitrogen and oxygen atoms in total. The number of ether oxygens (including phenoxy) is 1. The second-order valence-corrected chi connectivity index (χ2v) is 4.85. The predicted octanol–water partition coefficient (Wildman–Crippen LogP) is 3.69. The summed E-state index contributed by atoms with van der Waals surface area (Å²) in [6.45, 7) is 0. The summed E-state index contributed by atoms with van der Waals surface area (Å²) in [5.41, 5.74) is -0.131. The standard InChI is InChI=1S/C16H9F3NO2/c17-9-4-8(7-20)5-10(6-9)22-12-3-1-2-11-13(12)14(18)15(19)16(11)21/h1,3-6,14-16,21H/t14-,15-,16+/m1/s1. The van der Waals surface area contributed by atoms with E-state index in [1.165, 1.54) is 18.2 Å². The molecular formula is C16H9F3NO2. The number of aliphatic hydroxyl groups is 1. The lowest BCUT2D eigenvalue weighted by Gasteiger charge is -2.12. The minimum absolute atomic E-state index is 0.0191. The molecule has 0 bridgehead atoms. The highest BCUT2D eigenvalue weighted by atomic mass is 19.2. The predicted molar refractivity (Wildman–Crippen MR) is 70.2 cm³/mol. The van der Waals surface area contributed by atoms with E-state index in [-0.39, 0.29) is 28.2 Å². The van der Waals surface area contributed by atoms with E-state index in [1.807, 2.05) is 0 Å². The lowest BCUT2D eigenvalue weighted by atomic mass is 10.1. The number of hydrogen-bond acceptors (Lipinski definition) is 3. The third-order valence-corrected chi connectivity index (χ3v) is 3.41. The normalized spacial score (nSPS) is 23.0. The molecule has 2 aromatic rings. The molecule has 0 saturated carbocycles. The first kappa shape index (κ1) is 14.4. The molecule has 2 aromatic carbocycles. The molecule has 1 N–H and O–H groups in total. The van der Waals surface area contributed by atoms with Crippen molar-refractivity contribution in [3.63, 3.8) is 0 Å². The molecule has 0 aromatic heterocycles. The molecule has 0 saturated heterocycles. The summed E-state index contributed by atoms with van der Waals surface area (Å²) in [5, 5.41) is 18.4. The highest BCUT2D eigenvalue weighted by Crippen LogP contribution is 2.48. The molecule has 0 spiro atoms. The van der Waals surface area contributed by atoms with Gasteiger partial charge in [0.1, 0.15) is 23.4 Å². The van der Waals surface area contributed by atoms with Crippen LogP contribution in [0.5, 0.6) is 11.5 Å². The number of rotatable bonds is 2. The number of halogens is 3. The summed E-state index contributed by atoms with van der Waals surface area (Å²) in [4.78, 5) is 0. The van der Waals surface area contributed by atoms with Crippen LogP contribution >= 0.6 is 0 Å². The van der Waals surface area contributed by atoms with Crippen molar-refractivity contribution >= 4 is 0 Å². The van der Waals surface area contributed by atoms with Gasteiger partial charge in [-0.25, -0.2) is 13.2 Å². The smallest absolute Gasteiger partial charge is 0.165 e. The van der Waals surface area contributed by atoms with E-state index in [4.69, 9.17) is 10.00 Å². The lowest BCUT2D eigenvalue weighted by Crippen LogP contribution is -2.09. The van der Waals surface area contributed by atoms with Crippen molar-refractivity contribution in [3.8, 4) is 17.6 Å². The van der Waals surface area contributed by atoms with Crippen LogP contribution in [0.1, 0.15) is 29.0 Å². The minimum Gasteiger partial charge on any atom is -0.457 e. The minimum atomic E-state index is -2.10. The summed E-state index contributed by atoms with van der Waals surface area (Å²) in [7, 11) is 0. The van der Waals surface area contributed by atoms with Crippen molar-refractivity contribution in [2.45, 2.75) is 18.4 Å². The van der Waals surface area contributed by atoms with Crippen LogP contribution in [0.2, 0.25) is 0 Å². The molecule has 0 heterocycles. The van der Waals surface area contributed by atoms with Crippen molar-refractivity contribution in [2.24, 2.45) is 0 Å². The first-order valence-electron chi connectivity index (χ1n) is 6.40. The molecule has 22 heavy (non-hydrogen) atoms. The summed E-state index contributed by atoms with van der Waals surface area (Å²) >= 11 is 0. The van der Waals surface area contributed by atoms with E-state index in [1.54, 1.807) is 6.07 Å². The summed E-state index contributed by atoms with van der Waals surface area (Å²) in [6.07, 6.45) is -5.77. The third kappa shape index (κ3) is 2.30. The highest BCUT2D eigenvalue weighted by Gasteiger charge is 2.43. The van der Waals surface area contributed by atoms with Crippen molar-refractivity contribution in [1.82, 2.24) is 0 Å². The van der Waals surface area contributed by atoms with Crippen LogP contribution in [-0.4, -0.2) is 11.3 Å². The van der Waals surface area contributed by atoms with Gasteiger partial charge in [0.05, 0.1) is 11.6 Å². The van der Waals surface area contributed by atoms with Crippen LogP contribution in [0.3, 0.4) is 0 Å². The molecule has 1 aliphatic rings. The van der Waals surface area contributed by atoms with E-state index in [2.05, 4.69) is 6.07 Å². The zero-order valence-corrected chi connectivity index (χ0v) is 11.1. The number of nitrogens with zero attached hydrogens (tertiary/aromatic N) is 1. The van der Waals surface area contributed by atoms with Gasteiger partial charge in [-0.15, -0.1) is 0 Å². The maximum absolute atomic E-state index is 14.0. The average molecular weight is 304 g/mol. The average Bonchev–Trinajstić information content (AvgIpc) is 2.72. The Labute approximate surface area is 124 Å². The second-order valence-electron chi connectivity index (χ2n) is 4.85. The molecule has 3 atom stereocenters. The zero-order chi connectivity index (χ0) is 15.9. The van der Waals surface area contributed by atoms with E-state index in [0.29, 0.717) is 0 Å². The summed E-state index contributed by atoms with van der Waals surface area (Å²) < 4.78 is 46.4. The van der Waals surface area contributed by atoms with E-state index >= 15 is 0 Å². The van der Waals surface area contributed by atoms with Gasteiger partial charge in [0.25, 0.3) is 0 Å².